The summed E-state index contributed by atoms with van der Waals surface area (Å²) in [4.78, 5) is 12.6. The Morgan fingerprint density at radius 1 is 1.09 bits per heavy atom. The molecule has 3 rings (SSSR count). The van der Waals surface area contributed by atoms with E-state index in [0.717, 1.165) is 22.0 Å². The zero-order chi connectivity index (χ0) is 15.7. The summed E-state index contributed by atoms with van der Waals surface area (Å²) in [5.74, 6) is -0.0347. The van der Waals surface area contributed by atoms with Crippen LogP contribution in [0.4, 0.5) is 0 Å². The molecule has 3 heteroatoms. The fourth-order valence-electron chi connectivity index (χ4n) is 2.95. The molecule has 0 radical (unpaired) electrons. The van der Waals surface area contributed by atoms with Crippen molar-refractivity contribution < 1.29 is 4.79 Å². The molecule has 112 valence electrons. The SMILES string of the molecule is Cc1ccccc1[C@@H](C)NC(=O)c1cn(C)c2ccccc12. The van der Waals surface area contributed by atoms with E-state index >= 15 is 0 Å². The van der Waals surface area contributed by atoms with Crippen LogP contribution >= 0.6 is 0 Å². The molecule has 0 aliphatic rings. The van der Waals surface area contributed by atoms with Crippen LogP contribution in [0, 0.1) is 6.92 Å². The lowest BCUT2D eigenvalue weighted by molar-refractivity contribution is 0.0941. The second-order valence-corrected chi connectivity index (χ2v) is 5.72. The van der Waals surface area contributed by atoms with Gasteiger partial charge in [0, 0.05) is 24.1 Å². The molecule has 1 N–H and O–H groups in total. The molecule has 1 heterocycles. The lowest BCUT2D eigenvalue weighted by Gasteiger charge is -2.16. The lowest BCUT2D eigenvalue weighted by atomic mass is 10.0. The van der Waals surface area contributed by atoms with E-state index < -0.39 is 0 Å². The van der Waals surface area contributed by atoms with E-state index in [1.54, 1.807) is 0 Å². The number of nitrogens with one attached hydrogen (secondary N) is 1. The van der Waals surface area contributed by atoms with Gasteiger partial charge in [-0.15, -0.1) is 0 Å². The number of rotatable bonds is 3. The predicted molar refractivity (Wildman–Crippen MR) is 90.0 cm³/mol. The van der Waals surface area contributed by atoms with Gasteiger partial charge in [0.15, 0.2) is 0 Å². The molecule has 0 saturated heterocycles. The molecule has 0 unspecified atom stereocenters. The first-order chi connectivity index (χ1) is 10.6. The first-order valence-corrected chi connectivity index (χ1v) is 7.48. The second-order valence-electron chi connectivity index (χ2n) is 5.72. The quantitative estimate of drug-likeness (QED) is 0.778. The Bertz CT molecular complexity index is 832. The predicted octanol–water partition coefficient (Wildman–Crippen LogP) is 3.98. The summed E-state index contributed by atoms with van der Waals surface area (Å²) in [6.45, 7) is 4.08. The van der Waals surface area contributed by atoms with Gasteiger partial charge >= 0.3 is 0 Å². The molecular formula is C19H20N2O. The molecule has 1 atom stereocenters. The van der Waals surface area contributed by atoms with E-state index in [9.17, 15) is 4.79 Å². The molecule has 0 fully saturated rings. The molecule has 0 aliphatic carbocycles. The van der Waals surface area contributed by atoms with Gasteiger partial charge in [0.2, 0.25) is 0 Å². The van der Waals surface area contributed by atoms with E-state index in [0.29, 0.717) is 0 Å². The zero-order valence-electron chi connectivity index (χ0n) is 13.1. The zero-order valence-corrected chi connectivity index (χ0v) is 13.1. The average Bonchev–Trinajstić information content (AvgIpc) is 2.85. The van der Waals surface area contributed by atoms with E-state index in [4.69, 9.17) is 0 Å². The number of para-hydroxylation sites is 1. The highest BCUT2D eigenvalue weighted by Crippen LogP contribution is 2.22. The smallest absolute Gasteiger partial charge is 0.253 e. The van der Waals surface area contributed by atoms with Crippen LogP contribution in [0.3, 0.4) is 0 Å². The van der Waals surface area contributed by atoms with Crippen LogP contribution in [0.25, 0.3) is 10.9 Å². The van der Waals surface area contributed by atoms with Crippen molar-refractivity contribution in [3.63, 3.8) is 0 Å². The fourth-order valence-corrected chi connectivity index (χ4v) is 2.95. The number of fused-ring (bicyclic) bond motifs is 1. The van der Waals surface area contributed by atoms with Gasteiger partial charge in [0.05, 0.1) is 11.6 Å². The van der Waals surface area contributed by atoms with Crippen molar-refractivity contribution in [2.24, 2.45) is 7.05 Å². The standard InChI is InChI=1S/C19H20N2O/c1-13-8-4-5-9-15(13)14(2)20-19(22)17-12-21(3)18-11-7-6-10-16(17)18/h4-12,14H,1-3H3,(H,20,22)/t14-/m1/s1. The maximum Gasteiger partial charge on any atom is 0.253 e. The number of aromatic nitrogens is 1. The maximum absolute atomic E-state index is 12.6. The first kappa shape index (κ1) is 14.4. The summed E-state index contributed by atoms with van der Waals surface area (Å²) < 4.78 is 1.99. The normalized spacial score (nSPS) is 12.3. The summed E-state index contributed by atoms with van der Waals surface area (Å²) in [6, 6.07) is 16.1. The van der Waals surface area contributed by atoms with E-state index in [1.165, 1.54) is 5.56 Å². The summed E-state index contributed by atoms with van der Waals surface area (Å²) in [6.07, 6.45) is 1.89. The van der Waals surface area contributed by atoms with Crippen LogP contribution in [-0.4, -0.2) is 10.5 Å². The Hall–Kier alpha value is -2.55. The van der Waals surface area contributed by atoms with E-state index in [1.807, 2.05) is 61.1 Å². The van der Waals surface area contributed by atoms with Gasteiger partial charge in [0.25, 0.3) is 5.91 Å². The molecular weight excluding hydrogens is 272 g/mol. The van der Waals surface area contributed by atoms with Crippen molar-refractivity contribution in [1.82, 2.24) is 9.88 Å². The van der Waals surface area contributed by atoms with E-state index in [-0.39, 0.29) is 11.9 Å². The molecule has 1 aromatic heterocycles. The third kappa shape index (κ3) is 2.50. The van der Waals surface area contributed by atoms with Crippen molar-refractivity contribution in [1.29, 1.82) is 0 Å². The molecule has 0 bridgehead atoms. The maximum atomic E-state index is 12.6. The second kappa shape index (κ2) is 5.68. The third-order valence-corrected chi connectivity index (χ3v) is 4.14. The molecule has 0 spiro atoms. The Labute approximate surface area is 130 Å². The Kier molecular flexibility index (Phi) is 3.72. The van der Waals surface area contributed by atoms with E-state index in [2.05, 4.69) is 24.4 Å². The number of hydrogen-bond acceptors (Lipinski definition) is 1. The summed E-state index contributed by atoms with van der Waals surface area (Å²) >= 11 is 0. The minimum atomic E-state index is -0.0347. The molecule has 1 amide bonds. The fraction of sp³-hybridized carbons (Fsp3) is 0.211. The Balaban J connectivity index is 1.89. The largest absolute Gasteiger partial charge is 0.350 e. The van der Waals surface area contributed by atoms with Crippen LogP contribution in [0.5, 0.6) is 0 Å². The van der Waals surface area contributed by atoms with Crippen molar-refractivity contribution >= 4 is 16.8 Å². The summed E-state index contributed by atoms with van der Waals surface area (Å²) in [5, 5.41) is 4.09. The summed E-state index contributed by atoms with van der Waals surface area (Å²) in [5.41, 5.74) is 4.12. The number of aryl methyl sites for hydroxylation is 2. The van der Waals surface area contributed by atoms with Gasteiger partial charge in [-0.3, -0.25) is 4.79 Å². The Morgan fingerprint density at radius 2 is 1.77 bits per heavy atom. The van der Waals surface area contributed by atoms with Gasteiger partial charge in [-0.25, -0.2) is 0 Å². The highest BCUT2D eigenvalue weighted by atomic mass is 16.1. The minimum absolute atomic E-state index is 0.0207. The molecule has 3 nitrogen and oxygen atoms in total. The molecule has 0 saturated carbocycles. The lowest BCUT2D eigenvalue weighted by Crippen LogP contribution is -2.26. The topological polar surface area (TPSA) is 34.0 Å². The van der Waals surface area contributed by atoms with Gasteiger partial charge in [-0.05, 0) is 31.0 Å². The van der Waals surface area contributed by atoms with Crippen molar-refractivity contribution in [3.05, 3.63) is 71.4 Å². The van der Waals surface area contributed by atoms with Crippen LogP contribution in [0.15, 0.2) is 54.7 Å². The van der Waals surface area contributed by atoms with Crippen LogP contribution in [0.1, 0.15) is 34.5 Å². The van der Waals surface area contributed by atoms with Crippen LogP contribution < -0.4 is 5.32 Å². The summed E-state index contributed by atoms with van der Waals surface area (Å²) in [7, 11) is 1.96. The van der Waals surface area contributed by atoms with Gasteiger partial charge in [-0.1, -0.05) is 42.5 Å². The number of carbonyl (C=O) groups excluding carboxylic acids is 1. The number of hydrogen-bond donors (Lipinski definition) is 1. The monoisotopic (exact) mass is 292 g/mol. The average molecular weight is 292 g/mol. The van der Waals surface area contributed by atoms with Crippen LogP contribution in [-0.2, 0) is 7.05 Å². The highest BCUT2D eigenvalue weighted by Gasteiger charge is 2.17. The van der Waals surface area contributed by atoms with Crippen molar-refractivity contribution in [2.75, 3.05) is 0 Å². The van der Waals surface area contributed by atoms with Gasteiger partial charge in [0.1, 0.15) is 0 Å². The van der Waals surface area contributed by atoms with Gasteiger partial charge < -0.3 is 9.88 Å². The number of amides is 1. The third-order valence-electron chi connectivity index (χ3n) is 4.14. The molecule has 2 aromatic carbocycles. The number of benzene rings is 2. The Morgan fingerprint density at radius 3 is 2.55 bits per heavy atom. The van der Waals surface area contributed by atoms with Crippen molar-refractivity contribution in [2.45, 2.75) is 19.9 Å². The number of nitrogens with zero attached hydrogens (tertiary/aromatic N) is 1. The number of carbonyl (C=O) groups is 1. The van der Waals surface area contributed by atoms with Crippen molar-refractivity contribution in [3.8, 4) is 0 Å². The minimum Gasteiger partial charge on any atom is -0.350 e. The molecule has 3 aromatic rings. The molecule has 22 heavy (non-hydrogen) atoms. The first-order valence-electron chi connectivity index (χ1n) is 7.48. The molecule has 0 aliphatic heterocycles. The highest BCUT2D eigenvalue weighted by molar-refractivity contribution is 6.07. The van der Waals surface area contributed by atoms with Crippen LogP contribution in [0.2, 0.25) is 0 Å². The van der Waals surface area contributed by atoms with Gasteiger partial charge in [-0.2, -0.15) is 0 Å².